The van der Waals surface area contributed by atoms with E-state index in [2.05, 4.69) is 0 Å². The van der Waals surface area contributed by atoms with Crippen LogP contribution in [0.25, 0.3) is 12.2 Å². The molecule has 0 aliphatic carbocycles. The summed E-state index contributed by atoms with van der Waals surface area (Å²) in [4.78, 5) is 12.2. The minimum absolute atomic E-state index is 0.222. The molecule has 3 rings (SSSR count). The maximum atomic E-state index is 12.2. The second-order valence-corrected chi connectivity index (χ2v) is 5.79. The highest BCUT2D eigenvalue weighted by Crippen LogP contribution is 2.29. The Labute approximate surface area is 153 Å². The summed E-state index contributed by atoms with van der Waals surface area (Å²) in [6, 6.07) is 25.1. The zero-order chi connectivity index (χ0) is 18.2. The standard InChI is InChI=1S/C23H20O3/c1-25-22-16-20(13-12-18-8-4-2-5-9-18)14-15-21(22)26-23(24)17-19-10-6-3-7-11-19/h2-16H,17H2,1H3/b13-12+. The summed E-state index contributed by atoms with van der Waals surface area (Å²) in [6.45, 7) is 0. The average Bonchev–Trinajstić information content (AvgIpc) is 2.68. The van der Waals surface area contributed by atoms with Gasteiger partial charge in [-0.3, -0.25) is 4.79 Å². The molecule has 0 N–H and O–H groups in total. The molecule has 3 aromatic carbocycles. The van der Waals surface area contributed by atoms with E-state index >= 15 is 0 Å². The first kappa shape index (κ1) is 17.5. The van der Waals surface area contributed by atoms with Crippen LogP contribution in [0.15, 0.2) is 78.9 Å². The minimum Gasteiger partial charge on any atom is -0.493 e. The van der Waals surface area contributed by atoms with Crippen LogP contribution in [0, 0.1) is 0 Å². The van der Waals surface area contributed by atoms with E-state index in [-0.39, 0.29) is 12.4 Å². The SMILES string of the molecule is COc1cc(/C=C/c2ccccc2)ccc1OC(=O)Cc1ccccc1. The molecule has 0 aliphatic rings. The van der Waals surface area contributed by atoms with Gasteiger partial charge in [-0.1, -0.05) is 78.9 Å². The largest absolute Gasteiger partial charge is 0.493 e. The monoisotopic (exact) mass is 344 g/mol. The summed E-state index contributed by atoms with van der Waals surface area (Å²) < 4.78 is 10.8. The van der Waals surface area contributed by atoms with E-state index in [0.717, 1.165) is 16.7 Å². The average molecular weight is 344 g/mol. The number of rotatable bonds is 6. The van der Waals surface area contributed by atoms with Gasteiger partial charge in [0, 0.05) is 0 Å². The van der Waals surface area contributed by atoms with Crippen LogP contribution in [-0.4, -0.2) is 13.1 Å². The summed E-state index contributed by atoms with van der Waals surface area (Å²) in [5, 5.41) is 0. The molecule has 0 unspecified atom stereocenters. The highest BCUT2D eigenvalue weighted by molar-refractivity contribution is 5.77. The minimum atomic E-state index is -0.318. The fraction of sp³-hybridized carbons (Fsp3) is 0.0870. The molecule has 130 valence electrons. The molecule has 0 bridgehead atoms. The van der Waals surface area contributed by atoms with Gasteiger partial charge in [-0.05, 0) is 28.8 Å². The van der Waals surface area contributed by atoms with Crippen molar-refractivity contribution in [3.63, 3.8) is 0 Å². The Kier molecular flexibility index (Phi) is 5.84. The number of carbonyl (C=O) groups is 1. The molecule has 0 saturated heterocycles. The van der Waals surface area contributed by atoms with Gasteiger partial charge in [0.25, 0.3) is 0 Å². The lowest BCUT2D eigenvalue weighted by Crippen LogP contribution is -2.11. The Hall–Kier alpha value is -3.33. The Morgan fingerprint density at radius 2 is 1.46 bits per heavy atom. The zero-order valence-corrected chi connectivity index (χ0v) is 14.6. The van der Waals surface area contributed by atoms with Crippen LogP contribution in [0.5, 0.6) is 11.5 Å². The number of benzene rings is 3. The van der Waals surface area contributed by atoms with Crippen molar-refractivity contribution in [2.75, 3.05) is 7.11 Å². The molecule has 3 heteroatoms. The third-order valence-electron chi connectivity index (χ3n) is 3.87. The first-order valence-corrected chi connectivity index (χ1v) is 8.40. The molecule has 26 heavy (non-hydrogen) atoms. The fourth-order valence-corrected chi connectivity index (χ4v) is 2.55. The molecule has 3 aromatic rings. The van der Waals surface area contributed by atoms with Crippen molar-refractivity contribution in [2.45, 2.75) is 6.42 Å². The Bertz CT molecular complexity index is 884. The number of hydrogen-bond acceptors (Lipinski definition) is 3. The van der Waals surface area contributed by atoms with Gasteiger partial charge in [-0.2, -0.15) is 0 Å². The Morgan fingerprint density at radius 1 is 0.808 bits per heavy atom. The van der Waals surface area contributed by atoms with E-state index in [0.29, 0.717) is 11.5 Å². The molecule has 0 aromatic heterocycles. The van der Waals surface area contributed by atoms with Crippen LogP contribution >= 0.6 is 0 Å². The van der Waals surface area contributed by atoms with E-state index in [4.69, 9.17) is 9.47 Å². The van der Waals surface area contributed by atoms with Crippen molar-refractivity contribution in [1.82, 2.24) is 0 Å². The third-order valence-corrected chi connectivity index (χ3v) is 3.87. The Morgan fingerprint density at radius 3 is 2.15 bits per heavy atom. The third kappa shape index (κ3) is 4.84. The van der Waals surface area contributed by atoms with Gasteiger partial charge in [0.1, 0.15) is 0 Å². The smallest absolute Gasteiger partial charge is 0.315 e. The quantitative estimate of drug-likeness (QED) is 0.358. The van der Waals surface area contributed by atoms with Gasteiger partial charge in [0.05, 0.1) is 13.5 Å². The lowest BCUT2D eigenvalue weighted by atomic mass is 10.1. The zero-order valence-electron chi connectivity index (χ0n) is 14.6. The summed E-state index contributed by atoms with van der Waals surface area (Å²) in [5.74, 6) is 0.633. The Balaban J connectivity index is 1.70. The van der Waals surface area contributed by atoms with Gasteiger partial charge in [-0.25, -0.2) is 0 Å². The summed E-state index contributed by atoms with van der Waals surface area (Å²) in [5.41, 5.74) is 3.00. The molecular formula is C23H20O3. The number of methoxy groups -OCH3 is 1. The highest BCUT2D eigenvalue weighted by atomic mass is 16.6. The van der Waals surface area contributed by atoms with E-state index in [1.54, 1.807) is 13.2 Å². The van der Waals surface area contributed by atoms with Crippen LogP contribution in [0.1, 0.15) is 16.7 Å². The molecule has 0 radical (unpaired) electrons. The van der Waals surface area contributed by atoms with E-state index in [9.17, 15) is 4.79 Å². The second kappa shape index (κ2) is 8.67. The number of esters is 1. The first-order chi connectivity index (χ1) is 12.7. The summed E-state index contributed by atoms with van der Waals surface area (Å²) in [7, 11) is 1.56. The number of carbonyl (C=O) groups excluding carboxylic acids is 1. The molecule has 0 saturated carbocycles. The highest BCUT2D eigenvalue weighted by Gasteiger charge is 2.11. The van der Waals surface area contributed by atoms with Crippen molar-refractivity contribution in [1.29, 1.82) is 0 Å². The van der Waals surface area contributed by atoms with E-state index in [1.807, 2.05) is 84.9 Å². The van der Waals surface area contributed by atoms with E-state index in [1.165, 1.54) is 0 Å². The molecule has 0 atom stereocenters. The van der Waals surface area contributed by atoms with Gasteiger partial charge in [-0.15, -0.1) is 0 Å². The first-order valence-electron chi connectivity index (χ1n) is 8.40. The van der Waals surface area contributed by atoms with Gasteiger partial charge < -0.3 is 9.47 Å². The van der Waals surface area contributed by atoms with Crippen LogP contribution in [-0.2, 0) is 11.2 Å². The summed E-state index contributed by atoms with van der Waals surface area (Å²) >= 11 is 0. The van der Waals surface area contributed by atoms with Crippen molar-refractivity contribution in [3.05, 3.63) is 95.6 Å². The summed E-state index contributed by atoms with van der Waals surface area (Å²) in [6.07, 6.45) is 4.24. The predicted octanol–water partition coefficient (Wildman–Crippen LogP) is 5.01. The number of hydrogen-bond donors (Lipinski definition) is 0. The van der Waals surface area contributed by atoms with Gasteiger partial charge in [0.15, 0.2) is 11.5 Å². The second-order valence-electron chi connectivity index (χ2n) is 5.79. The van der Waals surface area contributed by atoms with Crippen molar-refractivity contribution in [3.8, 4) is 11.5 Å². The van der Waals surface area contributed by atoms with Crippen LogP contribution in [0.2, 0.25) is 0 Å². The van der Waals surface area contributed by atoms with Crippen molar-refractivity contribution in [2.24, 2.45) is 0 Å². The van der Waals surface area contributed by atoms with Crippen molar-refractivity contribution < 1.29 is 14.3 Å². The molecule has 0 amide bonds. The molecular weight excluding hydrogens is 324 g/mol. The topological polar surface area (TPSA) is 35.5 Å². The lowest BCUT2D eigenvalue weighted by Gasteiger charge is -2.10. The fourth-order valence-electron chi connectivity index (χ4n) is 2.55. The van der Waals surface area contributed by atoms with Crippen LogP contribution in [0.3, 0.4) is 0 Å². The number of ether oxygens (including phenoxy) is 2. The van der Waals surface area contributed by atoms with Crippen molar-refractivity contribution >= 4 is 18.1 Å². The van der Waals surface area contributed by atoms with Crippen LogP contribution < -0.4 is 9.47 Å². The lowest BCUT2D eigenvalue weighted by molar-refractivity contribution is -0.133. The maximum Gasteiger partial charge on any atom is 0.315 e. The normalized spacial score (nSPS) is 10.7. The molecule has 0 spiro atoms. The molecule has 0 fully saturated rings. The predicted molar refractivity (Wildman–Crippen MR) is 104 cm³/mol. The molecule has 0 heterocycles. The van der Waals surface area contributed by atoms with E-state index < -0.39 is 0 Å². The maximum absolute atomic E-state index is 12.2. The van der Waals surface area contributed by atoms with Gasteiger partial charge in [0.2, 0.25) is 0 Å². The van der Waals surface area contributed by atoms with Gasteiger partial charge >= 0.3 is 5.97 Å². The van der Waals surface area contributed by atoms with Crippen LogP contribution in [0.4, 0.5) is 0 Å². The molecule has 3 nitrogen and oxygen atoms in total. The molecule has 0 aliphatic heterocycles.